The summed E-state index contributed by atoms with van der Waals surface area (Å²) in [6, 6.07) is 5.97. The number of hydrogen-bond acceptors (Lipinski definition) is 6. The van der Waals surface area contributed by atoms with Gasteiger partial charge >= 0.3 is 11.9 Å². The van der Waals surface area contributed by atoms with Crippen molar-refractivity contribution < 1.29 is 28.3 Å². The molecule has 1 aromatic heterocycles. The van der Waals surface area contributed by atoms with E-state index in [2.05, 4.69) is 14.8 Å². The van der Waals surface area contributed by atoms with E-state index in [4.69, 9.17) is 4.42 Å². The molecular formula is C18H19NO6. The number of nitrogens with one attached hydrogen (secondary N) is 1. The fraction of sp³-hybridized carbons (Fsp3) is 0.278. The highest BCUT2D eigenvalue weighted by Gasteiger charge is 2.21. The molecular weight excluding hydrogens is 326 g/mol. The molecule has 0 saturated heterocycles. The van der Waals surface area contributed by atoms with Gasteiger partial charge in [0.25, 0.3) is 5.91 Å². The van der Waals surface area contributed by atoms with E-state index in [0.717, 1.165) is 5.56 Å². The minimum Gasteiger partial charge on any atom is -0.465 e. The van der Waals surface area contributed by atoms with Crippen molar-refractivity contribution in [2.24, 2.45) is 0 Å². The van der Waals surface area contributed by atoms with Gasteiger partial charge in [-0.25, -0.2) is 9.59 Å². The number of hydrogen-bond donors (Lipinski definition) is 1. The molecule has 7 nitrogen and oxygen atoms in total. The van der Waals surface area contributed by atoms with Crippen molar-refractivity contribution >= 4 is 23.5 Å². The fourth-order valence-corrected chi connectivity index (χ4v) is 2.34. The lowest BCUT2D eigenvalue weighted by Crippen LogP contribution is -2.16. The first kappa shape index (κ1) is 18.3. The Morgan fingerprint density at radius 3 is 2.24 bits per heavy atom. The van der Waals surface area contributed by atoms with E-state index in [1.54, 1.807) is 6.07 Å². The minimum atomic E-state index is -0.711. The van der Waals surface area contributed by atoms with Crippen molar-refractivity contribution in [3.05, 3.63) is 53.0 Å². The Morgan fingerprint density at radius 2 is 1.64 bits per heavy atom. The second-order valence-electron chi connectivity index (χ2n) is 5.56. The lowest BCUT2D eigenvalue weighted by atomic mass is 10.0. The zero-order valence-electron chi connectivity index (χ0n) is 14.4. The number of benzene rings is 1. The summed E-state index contributed by atoms with van der Waals surface area (Å²) in [7, 11) is 2.41. The predicted molar refractivity (Wildman–Crippen MR) is 89.9 cm³/mol. The van der Waals surface area contributed by atoms with E-state index in [-0.39, 0.29) is 22.8 Å². The summed E-state index contributed by atoms with van der Waals surface area (Å²) in [5.41, 5.74) is 1.14. The van der Waals surface area contributed by atoms with Crippen LogP contribution in [0, 0.1) is 0 Å². The summed E-state index contributed by atoms with van der Waals surface area (Å²) in [4.78, 5) is 36.1. The van der Waals surface area contributed by atoms with Gasteiger partial charge in [-0.2, -0.15) is 0 Å². The highest BCUT2D eigenvalue weighted by molar-refractivity contribution is 6.07. The number of amides is 1. The molecule has 0 bridgehead atoms. The van der Waals surface area contributed by atoms with Gasteiger partial charge in [0.05, 0.1) is 31.6 Å². The molecule has 2 rings (SSSR count). The SMILES string of the molecule is COC(=O)c1ccc(NC(=O)c2occc2C(C)C)cc1C(=O)OC. The minimum absolute atomic E-state index is 0.00400. The third-order valence-corrected chi connectivity index (χ3v) is 3.61. The average molecular weight is 345 g/mol. The Hall–Kier alpha value is -3.09. The van der Waals surface area contributed by atoms with Crippen LogP contribution in [-0.4, -0.2) is 32.1 Å². The summed E-state index contributed by atoms with van der Waals surface area (Å²) in [6.07, 6.45) is 1.45. The van der Waals surface area contributed by atoms with Gasteiger partial charge in [0.1, 0.15) is 0 Å². The monoisotopic (exact) mass is 345 g/mol. The predicted octanol–water partition coefficient (Wildman–Crippen LogP) is 3.23. The number of rotatable bonds is 5. The topological polar surface area (TPSA) is 94.8 Å². The fourth-order valence-electron chi connectivity index (χ4n) is 2.34. The van der Waals surface area contributed by atoms with Crippen molar-refractivity contribution in [1.29, 1.82) is 0 Å². The molecule has 1 amide bonds. The van der Waals surface area contributed by atoms with Gasteiger partial charge in [0.15, 0.2) is 5.76 Å². The van der Waals surface area contributed by atoms with Crippen LogP contribution in [0.5, 0.6) is 0 Å². The first-order valence-corrected chi connectivity index (χ1v) is 7.58. The number of anilines is 1. The molecule has 7 heteroatoms. The number of carbonyl (C=O) groups excluding carboxylic acids is 3. The quantitative estimate of drug-likeness (QED) is 0.836. The number of esters is 2. The van der Waals surface area contributed by atoms with Crippen LogP contribution in [0.1, 0.15) is 56.6 Å². The lowest BCUT2D eigenvalue weighted by molar-refractivity contribution is 0.0555. The highest BCUT2D eigenvalue weighted by Crippen LogP contribution is 2.23. The molecule has 0 fully saturated rings. The van der Waals surface area contributed by atoms with Gasteiger partial charge in [-0.3, -0.25) is 4.79 Å². The van der Waals surface area contributed by atoms with Gasteiger partial charge < -0.3 is 19.2 Å². The number of methoxy groups -OCH3 is 2. The zero-order chi connectivity index (χ0) is 18.6. The first-order valence-electron chi connectivity index (χ1n) is 7.58. The van der Waals surface area contributed by atoms with Gasteiger partial charge in [0.2, 0.25) is 0 Å². The normalized spacial score (nSPS) is 10.4. The van der Waals surface area contributed by atoms with Crippen molar-refractivity contribution in [2.75, 3.05) is 19.5 Å². The molecule has 1 aromatic carbocycles. The largest absolute Gasteiger partial charge is 0.465 e. The summed E-state index contributed by atoms with van der Waals surface area (Å²) in [6.45, 7) is 3.89. The summed E-state index contributed by atoms with van der Waals surface area (Å²) < 4.78 is 14.6. The molecule has 0 radical (unpaired) electrons. The first-order chi connectivity index (χ1) is 11.9. The van der Waals surface area contributed by atoms with Gasteiger partial charge in [-0.1, -0.05) is 13.8 Å². The van der Waals surface area contributed by atoms with Crippen LogP contribution in [0.25, 0.3) is 0 Å². The summed E-state index contributed by atoms with van der Waals surface area (Å²) in [5, 5.41) is 2.65. The Bertz CT molecular complexity index is 806. The Balaban J connectivity index is 2.34. The maximum absolute atomic E-state index is 12.4. The molecule has 1 N–H and O–H groups in total. The van der Waals surface area contributed by atoms with Crippen LogP contribution in [0.3, 0.4) is 0 Å². The van der Waals surface area contributed by atoms with Gasteiger partial charge in [-0.05, 0) is 30.2 Å². The van der Waals surface area contributed by atoms with E-state index in [1.807, 2.05) is 13.8 Å². The molecule has 0 saturated carbocycles. The van der Waals surface area contributed by atoms with Crippen molar-refractivity contribution in [3.63, 3.8) is 0 Å². The molecule has 0 unspecified atom stereocenters. The average Bonchev–Trinajstić information content (AvgIpc) is 3.10. The van der Waals surface area contributed by atoms with Crippen LogP contribution in [0.15, 0.2) is 34.9 Å². The van der Waals surface area contributed by atoms with E-state index in [9.17, 15) is 14.4 Å². The third-order valence-electron chi connectivity index (χ3n) is 3.61. The second-order valence-corrected chi connectivity index (χ2v) is 5.56. The van der Waals surface area contributed by atoms with E-state index in [1.165, 1.54) is 38.7 Å². The molecule has 0 aliphatic carbocycles. The number of furan rings is 1. The number of carbonyl (C=O) groups is 3. The van der Waals surface area contributed by atoms with Crippen LogP contribution in [0.4, 0.5) is 5.69 Å². The smallest absolute Gasteiger partial charge is 0.338 e. The molecule has 0 atom stereocenters. The van der Waals surface area contributed by atoms with Crippen molar-refractivity contribution in [2.45, 2.75) is 19.8 Å². The Kier molecular flexibility index (Phi) is 5.59. The van der Waals surface area contributed by atoms with Crippen LogP contribution in [-0.2, 0) is 9.47 Å². The van der Waals surface area contributed by atoms with Crippen LogP contribution >= 0.6 is 0 Å². The number of ether oxygens (including phenoxy) is 2. The van der Waals surface area contributed by atoms with Gasteiger partial charge in [0, 0.05) is 11.3 Å². The summed E-state index contributed by atoms with van der Waals surface area (Å²) in [5.74, 6) is -1.52. The molecule has 2 aromatic rings. The van der Waals surface area contributed by atoms with E-state index in [0.29, 0.717) is 5.69 Å². The zero-order valence-corrected chi connectivity index (χ0v) is 14.4. The highest BCUT2D eigenvalue weighted by atomic mass is 16.5. The van der Waals surface area contributed by atoms with Crippen molar-refractivity contribution in [1.82, 2.24) is 0 Å². The molecule has 25 heavy (non-hydrogen) atoms. The summed E-state index contributed by atoms with van der Waals surface area (Å²) >= 11 is 0. The lowest BCUT2D eigenvalue weighted by Gasteiger charge is -2.10. The second kappa shape index (κ2) is 7.65. The molecule has 0 spiro atoms. The molecule has 0 aliphatic rings. The van der Waals surface area contributed by atoms with E-state index < -0.39 is 17.8 Å². The van der Waals surface area contributed by atoms with Crippen LogP contribution in [0.2, 0.25) is 0 Å². The third kappa shape index (κ3) is 3.88. The Morgan fingerprint density at radius 1 is 1.00 bits per heavy atom. The Labute approximate surface area is 144 Å². The standard InChI is InChI=1S/C18H19NO6/c1-10(2)12-7-8-25-15(12)16(20)19-11-5-6-13(17(21)23-3)14(9-11)18(22)24-4/h5-10H,1-4H3,(H,19,20). The van der Waals surface area contributed by atoms with Gasteiger partial charge in [-0.15, -0.1) is 0 Å². The maximum Gasteiger partial charge on any atom is 0.338 e. The molecule has 0 aliphatic heterocycles. The van der Waals surface area contributed by atoms with Crippen molar-refractivity contribution in [3.8, 4) is 0 Å². The van der Waals surface area contributed by atoms with Crippen LogP contribution < -0.4 is 5.32 Å². The van der Waals surface area contributed by atoms with E-state index >= 15 is 0 Å². The maximum atomic E-state index is 12.4. The molecule has 132 valence electrons. The molecule has 1 heterocycles.